The number of hydrogen-bond acceptors (Lipinski definition) is 4. The summed E-state index contributed by atoms with van der Waals surface area (Å²) in [6.45, 7) is 2.16. The Hall–Kier alpha value is -1.36. The first-order valence-electron chi connectivity index (χ1n) is 6.16. The first kappa shape index (κ1) is 13.1. The summed E-state index contributed by atoms with van der Waals surface area (Å²) in [7, 11) is 0. The Bertz CT molecular complexity index is 388. The molecule has 0 aliphatic carbocycles. The van der Waals surface area contributed by atoms with Crippen molar-refractivity contribution in [1.82, 2.24) is 0 Å². The molecule has 1 amide bonds. The molecule has 2 rings (SSSR count). The zero-order chi connectivity index (χ0) is 12.8. The normalized spacial score (nSPS) is 18.4. The van der Waals surface area contributed by atoms with E-state index in [1.54, 1.807) is 6.92 Å². The predicted molar refractivity (Wildman–Crippen MR) is 76.4 cm³/mol. The first-order chi connectivity index (χ1) is 8.78. The lowest BCUT2D eigenvalue weighted by Crippen LogP contribution is -2.18. The zero-order valence-corrected chi connectivity index (χ0v) is 11.3. The van der Waals surface area contributed by atoms with Crippen LogP contribution < -0.4 is 10.6 Å². The third kappa shape index (κ3) is 3.84. The van der Waals surface area contributed by atoms with Crippen molar-refractivity contribution in [3.63, 3.8) is 0 Å². The fourth-order valence-electron chi connectivity index (χ4n) is 1.82. The molecular formula is C13H18N2O2S. The average molecular weight is 266 g/mol. The number of thioether (sulfide) groups is 1. The Morgan fingerprint density at radius 3 is 2.72 bits per heavy atom. The second kappa shape index (κ2) is 6.54. The highest BCUT2D eigenvalue weighted by molar-refractivity contribution is 7.99. The number of ether oxygens (including phenoxy) is 1. The molecule has 0 radical (unpaired) electrons. The zero-order valence-electron chi connectivity index (χ0n) is 10.4. The van der Waals surface area contributed by atoms with Gasteiger partial charge in [-0.25, -0.2) is 4.79 Å². The molecule has 0 aromatic heterocycles. The molecule has 1 atom stereocenters. The van der Waals surface area contributed by atoms with Crippen molar-refractivity contribution in [3.8, 4) is 0 Å². The molecule has 1 aromatic carbocycles. The summed E-state index contributed by atoms with van der Waals surface area (Å²) in [6.07, 6.45) is 0.804. The highest BCUT2D eigenvalue weighted by Gasteiger charge is 2.14. The summed E-state index contributed by atoms with van der Waals surface area (Å²) in [6, 6.07) is 8.27. The number of hydrogen-bond donors (Lipinski definition) is 2. The van der Waals surface area contributed by atoms with Crippen LogP contribution in [-0.2, 0) is 4.74 Å². The Morgan fingerprint density at radius 2 is 2.11 bits per heavy atom. The molecule has 1 heterocycles. The van der Waals surface area contributed by atoms with E-state index in [2.05, 4.69) is 10.6 Å². The maximum atomic E-state index is 11.2. The Morgan fingerprint density at radius 1 is 1.39 bits per heavy atom. The van der Waals surface area contributed by atoms with Crippen LogP contribution in [0, 0.1) is 0 Å². The van der Waals surface area contributed by atoms with E-state index in [1.165, 1.54) is 17.9 Å². The van der Waals surface area contributed by atoms with Gasteiger partial charge >= 0.3 is 6.09 Å². The van der Waals surface area contributed by atoms with Crippen LogP contribution in [0.5, 0.6) is 0 Å². The SMILES string of the molecule is CCOC(=O)Nc1ccc(NC2CCSC2)cc1. The third-order valence-electron chi connectivity index (χ3n) is 2.71. The molecule has 0 saturated carbocycles. The summed E-state index contributed by atoms with van der Waals surface area (Å²) >= 11 is 1.98. The van der Waals surface area contributed by atoms with Crippen molar-refractivity contribution >= 4 is 29.2 Å². The highest BCUT2D eigenvalue weighted by Crippen LogP contribution is 2.22. The van der Waals surface area contributed by atoms with Gasteiger partial charge in [0.05, 0.1) is 6.61 Å². The topological polar surface area (TPSA) is 50.4 Å². The lowest BCUT2D eigenvalue weighted by molar-refractivity contribution is 0.168. The highest BCUT2D eigenvalue weighted by atomic mass is 32.2. The monoisotopic (exact) mass is 266 g/mol. The molecule has 0 bridgehead atoms. The van der Waals surface area contributed by atoms with Gasteiger partial charge in [-0.3, -0.25) is 5.32 Å². The van der Waals surface area contributed by atoms with E-state index in [0.29, 0.717) is 12.6 Å². The number of anilines is 2. The molecule has 0 spiro atoms. The van der Waals surface area contributed by atoms with E-state index in [9.17, 15) is 4.79 Å². The van der Waals surface area contributed by atoms with Crippen molar-refractivity contribution in [2.75, 3.05) is 28.7 Å². The summed E-state index contributed by atoms with van der Waals surface area (Å²) in [5, 5.41) is 6.15. The van der Waals surface area contributed by atoms with Gasteiger partial charge in [0.2, 0.25) is 0 Å². The van der Waals surface area contributed by atoms with E-state index < -0.39 is 6.09 Å². The van der Waals surface area contributed by atoms with E-state index in [-0.39, 0.29) is 0 Å². The predicted octanol–water partition coefficient (Wildman–Crippen LogP) is 3.17. The minimum absolute atomic E-state index is 0.380. The molecule has 1 aromatic rings. The number of benzene rings is 1. The molecule has 1 aliphatic rings. The van der Waals surface area contributed by atoms with Gasteiger partial charge in [-0.15, -0.1) is 0 Å². The molecule has 1 aliphatic heterocycles. The van der Waals surface area contributed by atoms with Crippen molar-refractivity contribution in [2.24, 2.45) is 0 Å². The third-order valence-corrected chi connectivity index (χ3v) is 3.87. The van der Waals surface area contributed by atoms with Crippen molar-refractivity contribution in [3.05, 3.63) is 24.3 Å². The number of rotatable bonds is 4. The first-order valence-corrected chi connectivity index (χ1v) is 7.31. The lowest BCUT2D eigenvalue weighted by Gasteiger charge is -2.13. The van der Waals surface area contributed by atoms with Crippen LogP contribution in [-0.4, -0.2) is 30.2 Å². The summed E-state index contributed by atoms with van der Waals surface area (Å²) < 4.78 is 4.82. The molecule has 2 N–H and O–H groups in total. The smallest absolute Gasteiger partial charge is 0.411 e. The van der Waals surface area contributed by atoms with Crippen LogP contribution in [0.3, 0.4) is 0 Å². The van der Waals surface area contributed by atoms with Crippen LogP contribution in [0.1, 0.15) is 13.3 Å². The summed E-state index contributed by atoms with van der Waals surface area (Å²) in [4.78, 5) is 11.2. The van der Waals surface area contributed by atoms with Gasteiger partial charge in [-0.1, -0.05) is 0 Å². The molecular weight excluding hydrogens is 248 g/mol. The molecule has 5 heteroatoms. The lowest BCUT2D eigenvalue weighted by atomic mass is 10.2. The number of nitrogens with one attached hydrogen (secondary N) is 2. The molecule has 4 nitrogen and oxygen atoms in total. The number of carbonyl (C=O) groups is 1. The number of carbonyl (C=O) groups excluding carboxylic acids is 1. The van der Waals surface area contributed by atoms with Gasteiger partial charge in [0, 0.05) is 23.2 Å². The van der Waals surface area contributed by atoms with Crippen LogP contribution in [0.2, 0.25) is 0 Å². The molecule has 1 unspecified atom stereocenters. The van der Waals surface area contributed by atoms with E-state index >= 15 is 0 Å². The largest absolute Gasteiger partial charge is 0.450 e. The number of amides is 1. The van der Waals surface area contributed by atoms with Gasteiger partial charge in [0.25, 0.3) is 0 Å². The molecule has 98 valence electrons. The standard InChI is InChI=1S/C13H18N2O2S/c1-2-17-13(16)15-11-5-3-10(4-6-11)14-12-7-8-18-9-12/h3-6,12,14H,2,7-9H2,1H3,(H,15,16). The van der Waals surface area contributed by atoms with Gasteiger partial charge in [-0.05, 0) is 43.4 Å². The van der Waals surface area contributed by atoms with E-state index in [1.807, 2.05) is 36.0 Å². The van der Waals surface area contributed by atoms with Crippen LogP contribution in [0.25, 0.3) is 0 Å². The van der Waals surface area contributed by atoms with E-state index in [4.69, 9.17) is 4.74 Å². The fraction of sp³-hybridized carbons (Fsp3) is 0.462. The average Bonchev–Trinajstić information content (AvgIpc) is 2.85. The fourth-order valence-corrected chi connectivity index (χ4v) is 2.97. The quantitative estimate of drug-likeness (QED) is 0.879. The van der Waals surface area contributed by atoms with Gasteiger partial charge in [0.15, 0.2) is 0 Å². The molecule has 1 saturated heterocycles. The van der Waals surface area contributed by atoms with Gasteiger partial charge in [-0.2, -0.15) is 11.8 Å². The van der Waals surface area contributed by atoms with Crippen LogP contribution >= 0.6 is 11.8 Å². The second-order valence-corrected chi connectivity index (χ2v) is 5.28. The van der Waals surface area contributed by atoms with Crippen molar-refractivity contribution < 1.29 is 9.53 Å². The van der Waals surface area contributed by atoms with Crippen LogP contribution in [0.4, 0.5) is 16.2 Å². The second-order valence-electron chi connectivity index (χ2n) is 4.13. The Labute approximate surface area is 111 Å². The van der Waals surface area contributed by atoms with Crippen molar-refractivity contribution in [1.29, 1.82) is 0 Å². The van der Waals surface area contributed by atoms with Gasteiger partial charge in [0.1, 0.15) is 0 Å². The maximum Gasteiger partial charge on any atom is 0.411 e. The summed E-state index contributed by atoms with van der Waals surface area (Å²) in [5.74, 6) is 2.41. The maximum absolute atomic E-state index is 11.2. The minimum atomic E-state index is -0.412. The Kier molecular flexibility index (Phi) is 4.75. The molecule has 18 heavy (non-hydrogen) atoms. The van der Waals surface area contributed by atoms with Crippen LogP contribution in [0.15, 0.2) is 24.3 Å². The Balaban J connectivity index is 1.86. The minimum Gasteiger partial charge on any atom is -0.450 e. The molecule has 1 fully saturated rings. The summed E-state index contributed by atoms with van der Waals surface area (Å²) in [5.41, 5.74) is 1.84. The van der Waals surface area contributed by atoms with Gasteiger partial charge < -0.3 is 10.1 Å². The van der Waals surface area contributed by atoms with Crippen molar-refractivity contribution in [2.45, 2.75) is 19.4 Å². The van der Waals surface area contributed by atoms with E-state index in [0.717, 1.165) is 11.4 Å².